The van der Waals surface area contributed by atoms with Crippen LogP contribution in [0.25, 0.3) is 0 Å². The van der Waals surface area contributed by atoms with Gasteiger partial charge in [0.2, 0.25) is 6.10 Å². The molecule has 0 radical (unpaired) electrons. The van der Waals surface area contributed by atoms with Crippen molar-refractivity contribution < 1.29 is 75.0 Å². The van der Waals surface area contributed by atoms with Crippen LogP contribution in [0.5, 0.6) is 0 Å². The Hall–Kier alpha value is -2.04. The standard InChI is InChI=1S/C9H8O10.Hf/c1-2-3(10)19-4(5(11)12)9(6(13)14,7(15)16)8(17)18;/h2,4H,1H2,(H,11,12)(H,13,14)(H,15,16)(H,17,18);. The molecular weight excluding hydrogens is 447 g/mol. The molecule has 20 heavy (non-hydrogen) atoms. The molecule has 0 aliphatic carbocycles. The smallest absolute Gasteiger partial charge is 0.347 e. The van der Waals surface area contributed by atoms with Gasteiger partial charge in [0.1, 0.15) is 0 Å². The molecule has 11 heteroatoms. The van der Waals surface area contributed by atoms with Gasteiger partial charge in [-0.05, 0) is 0 Å². The predicted molar refractivity (Wildman–Crippen MR) is 53.1 cm³/mol. The zero-order valence-corrected chi connectivity index (χ0v) is 13.2. The topological polar surface area (TPSA) is 176 Å². The van der Waals surface area contributed by atoms with Crippen molar-refractivity contribution in [2.45, 2.75) is 6.10 Å². The Kier molecular flexibility index (Phi) is 7.63. The maximum Gasteiger partial charge on any atom is 0.347 e. The number of carboxylic acid groups (broad SMARTS) is 4. The molecule has 0 aliphatic heterocycles. The summed E-state index contributed by atoms with van der Waals surface area (Å²) < 4.78 is 4.01. The van der Waals surface area contributed by atoms with Crippen LogP contribution < -0.4 is 0 Å². The molecule has 1 atom stereocenters. The van der Waals surface area contributed by atoms with Crippen LogP contribution >= 0.6 is 0 Å². The number of carbonyl (C=O) groups excluding carboxylic acids is 1. The van der Waals surface area contributed by atoms with E-state index in [4.69, 9.17) is 20.4 Å². The van der Waals surface area contributed by atoms with E-state index in [2.05, 4.69) is 11.3 Å². The van der Waals surface area contributed by atoms with E-state index in [-0.39, 0.29) is 25.8 Å². The summed E-state index contributed by atoms with van der Waals surface area (Å²) in [5.74, 6) is -11.2. The first-order valence-corrected chi connectivity index (χ1v) is 4.38. The summed E-state index contributed by atoms with van der Waals surface area (Å²) >= 11 is 0. The van der Waals surface area contributed by atoms with Gasteiger partial charge < -0.3 is 25.2 Å². The molecule has 0 fully saturated rings. The average Bonchev–Trinajstić information content (AvgIpc) is 2.26. The maximum atomic E-state index is 10.9. The predicted octanol–water partition coefficient (Wildman–Crippen LogP) is -1.59. The van der Waals surface area contributed by atoms with E-state index in [1.54, 1.807) is 0 Å². The van der Waals surface area contributed by atoms with Crippen LogP contribution in [0.4, 0.5) is 0 Å². The summed E-state index contributed by atoms with van der Waals surface area (Å²) in [6.45, 7) is 2.88. The fourth-order valence-corrected chi connectivity index (χ4v) is 1.10. The minimum absolute atomic E-state index is 0. The zero-order valence-electron chi connectivity index (χ0n) is 9.60. The Morgan fingerprint density at radius 1 is 0.950 bits per heavy atom. The number of ether oxygens (including phenoxy) is 1. The Balaban J connectivity index is 0. The summed E-state index contributed by atoms with van der Waals surface area (Å²) in [5.41, 5.74) is -3.87. The normalized spacial score (nSPS) is 11.4. The van der Waals surface area contributed by atoms with Gasteiger partial charge in [0.15, 0.2) is 0 Å². The van der Waals surface area contributed by atoms with Crippen LogP contribution in [-0.2, 0) is 54.6 Å². The van der Waals surface area contributed by atoms with Crippen molar-refractivity contribution >= 4 is 29.8 Å². The van der Waals surface area contributed by atoms with Crippen LogP contribution in [-0.4, -0.2) is 56.4 Å². The summed E-state index contributed by atoms with van der Waals surface area (Å²) in [4.78, 5) is 54.3. The second kappa shape index (κ2) is 7.53. The fourth-order valence-electron chi connectivity index (χ4n) is 1.10. The van der Waals surface area contributed by atoms with Gasteiger partial charge >= 0.3 is 35.3 Å². The van der Waals surface area contributed by atoms with Gasteiger partial charge in [-0.2, -0.15) is 0 Å². The van der Waals surface area contributed by atoms with Gasteiger partial charge in [-0.3, -0.25) is 14.4 Å². The Morgan fingerprint density at radius 3 is 1.50 bits per heavy atom. The van der Waals surface area contributed by atoms with Gasteiger partial charge in [-0.1, -0.05) is 6.58 Å². The molecule has 108 valence electrons. The summed E-state index contributed by atoms with van der Waals surface area (Å²) in [7, 11) is 0. The van der Waals surface area contributed by atoms with Gasteiger partial charge in [0.25, 0.3) is 0 Å². The molecule has 0 rings (SSSR count). The molecule has 0 heterocycles. The average molecular weight is 455 g/mol. The SMILES string of the molecule is C=CC(=O)OC(C(=O)O)C(C(=O)O)(C(=O)O)C(=O)O.[Hf]. The minimum atomic E-state index is -3.87. The third-order valence-electron chi connectivity index (χ3n) is 2.03. The molecule has 0 aromatic rings. The van der Waals surface area contributed by atoms with E-state index < -0.39 is 41.4 Å². The van der Waals surface area contributed by atoms with E-state index in [9.17, 15) is 24.0 Å². The zero-order chi connectivity index (χ0) is 15.4. The molecule has 0 saturated heterocycles. The number of carbonyl (C=O) groups is 5. The van der Waals surface area contributed by atoms with Gasteiger partial charge in [0, 0.05) is 31.9 Å². The van der Waals surface area contributed by atoms with Crippen molar-refractivity contribution in [1.82, 2.24) is 0 Å². The third-order valence-corrected chi connectivity index (χ3v) is 2.03. The van der Waals surface area contributed by atoms with E-state index >= 15 is 0 Å². The molecule has 0 spiro atoms. The second-order valence-corrected chi connectivity index (χ2v) is 3.08. The first kappa shape index (κ1) is 20.3. The minimum Gasteiger partial charge on any atom is -0.480 e. The number of aliphatic carboxylic acids is 4. The molecule has 0 aromatic heterocycles. The monoisotopic (exact) mass is 456 g/mol. The van der Waals surface area contributed by atoms with Crippen molar-refractivity contribution in [3.05, 3.63) is 12.7 Å². The summed E-state index contributed by atoms with van der Waals surface area (Å²) in [6.07, 6.45) is -2.54. The molecule has 0 aliphatic rings. The number of hydrogen-bond donors (Lipinski definition) is 4. The van der Waals surface area contributed by atoms with Crippen molar-refractivity contribution in [3.63, 3.8) is 0 Å². The van der Waals surface area contributed by atoms with E-state index in [1.807, 2.05) is 0 Å². The van der Waals surface area contributed by atoms with E-state index in [1.165, 1.54) is 0 Å². The molecule has 0 amide bonds. The van der Waals surface area contributed by atoms with Crippen molar-refractivity contribution in [2.75, 3.05) is 0 Å². The van der Waals surface area contributed by atoms with Crippen LogP contribution in [0.1, 0.15) is 0 Å². The third kappa shape index (κ3) is 3.50. The number of rotatable bonds is 7. The summed E-state index contributed by atoms with van der Waals surface area (Å²) in [6, 6.07) is 0. The van der Waals surface area contributed by atoms with Crippen molar-refractivity contribution in [2.24, 2.45) is 5.41 Å². The molecule has 10 nitrogen and oxygen atoms in total. The molecular formula is C9H8HfO10. The fraction of sp³-hybridized carbons (Fsp3) is 0.222. The van der Waals surface area contributed by atoms with Gasteiger partial charge in [-0.15, -0.1) is 0 Å². The van der Waals surface area contributed by atoms with E-state index in [0.717, 1.165) is 0 Å². The van der Waals surface area contributed by atoms with Gasteiger partial charge in [-0.25, -0.2) is 9.59 Å². The quantitative estimate of drug-likeness (QED) is 0.152. The Bertz CT molecular complexity index is 431. The van der Waals surface area contributed by atoms with Crippen LogP contribution in [0, 0.1) is 5.41 Å². The van der Waals surface area contributed by atoms with Crippen LogP contribution in [0.3, 0.4) is 0 Å². The van der Waals surface area contributed by atoms with Crippen LogP contribution in [0.2, 0.25) is 0 Å². The molecule has 0 bridgehead atoms. The largest absolute Gasteiger partial charge is 0.480 e. The number of esters is 1. The van der Waals surface area contributed by atoms with Gasteiger partial charge in [0.05, 0.1) is 0 Å². The first-order valence-electron chi connectivity index (χ1n) is 4.38. The van der Waals surface area contributed by atoms with Crippen LogP contribution in [0.15, 0.2) is 12.7 Å². The Labute approximate surface area is 129 Å². The molecule has 0 aromatic carbocycles. The molecule has 0 saturated carbocycles. The van der Waals surface area contributed by atoms with Crippen molar-refractivity contribution in [1.29, 1.82) is 0 Å². The molecule has 1 unspecified atom stereocenters. The molecule has 4 N–H and O–H groups in total. The first-order chi connectivity index (χ1) is 8.62. The Morgan fingerprint density at radius 2 is 1.30 bits per heavy atom. The second-order valence-electron chi connectivity index (χ2n) is 3.08. The van der Waals surface area contributed by atoms with E-state index in [0.29, 0.717) is 6.08 Å². The van der Waals surface area contributed by atoms with Crippen molar-refractivity contribution in [3.8, 4) is 0 Å². The number of carboxylic acids is 4. The summed E-state index contributed by atoms with van der Waals surface area (Å²) in [5, 5.41) is 34.9. The number of hydrogen-bond acceptors (Lipinski definition) is 6. The maximum absolute atomic E-state index is 10.9.